The lowest BCUT2D eigenvalue weighted by molar-refractivity contribution is 0.176. The second-order valence-corrected chi connectivity index (χ2v) is 5.88. The molecule has 0 fully saturated rings. The van der Waals surface area contributed by atoms with Crippen LogP contribution in [0.5, 0.6) is 11.5 Å². The molecule has 2 rings (SSSR count). The first-order valence-electron chi connectivity index (χ1n) is 8.60. The van der Waals surface area contributed by atoms with Crippen molar-refractivity contribution < 1.29 is 14.6 Å². The Hall–Kier alpha value is -2.67. The van der Waals surface area contributed by atoms with Crippen molar-refractivity contribution in [2.24, 2.45) is 12.0 Å². The van der Waals surface area contributed by atoms with Crippen LogP contribution >= 0.6 is 0 Å². The van der Waals surface area contributed by atoms with Gasteiger partial charge in [0.1, 0.15) is 11.5 Å². The highest BCUT2D eigenvalue weighted by molar-refractivity contribution is 5.79. The van der Waals surface area contributed by atoms with E-state index in [9.17, 15) is 5.11 Å². The molecular weight excluding hydrogens is 332 g/mol. The third-order valence-electron chi connectivity index (χ3n) is 3.92. The molecule has 2 aromatic rings. The van der Waals surface area contributed by atoms with Gasteiger partial charge in [0.2, 0.25) is 0 Å². The van der Waals surface area contributed by atoms with Crippen LogP contribution in [0.15, 0.2) is 41.7 Å². The summed E-state index contributed by atoms with van der Waals surface area (Å²) in [5.41, 5.74) is 1.79. The molecule has 7 nitrogen and oxygen atoms in total. The molecule has 1 atom stereocenters. The Morgan fingerprint density at radius 1 is 1.23 bits per heavy atom. The maximum Gasteiger partial charge on any atom is 0.191 e. The van der Waals surface area contributed by atoms with E-state index in [4.69, 9.17) is 9.47 Å². The number of benzene rings is 1. The average Bonchev–Trinajstić information content (AvgIpc) is 3.08. The number of guanidine groups is 1. The molecular formula is C19H28N4O3. The molecule has 0 spiro atoms. The topological polar surface area (TPSA) is 80.0 Å². The Morgan fingerprint density at radius 2 is 2.04 bits per heavy atom. The third kappa shape index (κ3) is 5.42. The molecule has 142 valence electrons. The molecule has 0 aliphatic carbocycles. The normalized spacial score (nSPS) is 12.6. The molecule has 1 aromatic carbocycles. The van der Waals surface area contributed by atoms with E-state index in [0.29, 0.717) is 36.1 Å². The number of nitrogens with zero attached hydrogens (tertiary/aromatic N) is 2. The number of aryl methyl sites for hydroxylation is 1. The van der Waals surface area contributed by atoms with E-state index < -0.39 is 6.10 Å². The fourth-order valence-corrected chi connectivity index (χ4v) is 2.57. The Bertz CT molecular complexity index is 727. The van der Waals surface area contributed by atoms with Crippen molar-refractivity contribution in [3.63, 3.8) is 0 Å². The minimum Gasteiger partial charge on any atom is -0.497 e. The summed E-state index contributed by atoms with van der Waals surface area (Å²) in [6, 6.07) is 7.39. The van der Waals surface area contributed by atoms with E-state index in [1.807, 2.05) is 37.0 Å². The van der Waals surface area contributed by atoms with Crippen molar-refractivity contribution in [2.75, 3.05) is 27.3 Å². The maximum atomic E-state index is 10.6. The quantitative estimate of drug-likeness (QED) is 0.494. The van der Waals surface area contributed by atoms with Crippen molar-refractivity contribution in [1.82, 2.24) is 15.2 Å². The van der Waals surface area contributed by atoms with E-state index in [-0.39, 0.29) is 0 Å². The Morgan fingerprint density at radius 3 is 2.65 bits per heavy atom. The van der Waals surface area contributed by atoms with Gasteiger partial charge in [-0.3, -0.25) is 0 Å². The highest BCUT2D eigenvalue weighted by Gasteiger charge is 2.15. The van der Waals surface area contributed by atoms with Crippen molar-refractivity contribution in [3.05, 3.63) is 47.8 Å². The molecule has 0 saturated heterocycles. The van der Waals surface area contributed by atoms with Crippen LogP contribution < -0.4 is 20.1 Å². The van der Waals surface area contributed by atoms with Gasteiger partial charge < -0.3 is 29.8 Å². The van der Waals surface area contributed by atoms with Gasteiger partial charge in [0.05, 0.1) is 26.9 Å². The van der Waals surface area contributed by atoms with Gasteiger partial charge in [-0.1, -0.05) is 0 Å². The number of methoxy groups -OCH3 is 2. The number of hydrogen-bond donors (Lipinski definition) is 3. The van der Waals surface area contributed by atoms with E-state index in [1.54, 1.807) is 32.4 Å². The van der Waals surface area contributed by atoms with E-state index in [1.165, 1.54) is 0 Å². The van der Waals surface area contributed by atoms with Crippen molar-refractivity contribution in [2.45, 2.75) is 19.6 Å². The summed E-state index contributed by atoms with van der Waals surface area (Å²) in [6.07, 6.45) is 3.26. The van der Waals surface area contributed by atoms with Crippen LogP contribution in [0.25, 0.3) is 0 Å². The average molecular weight is 360 g/mol. The van der Waals surface area contributed by atoms with E-state index >= 15 is 0 Å². The monoisotopic (exact) mass is 360 g/mol. The van der Waals surface area contributed by atoms with Crippen LogP contribution in [0, 0.1) is 0 Å². The van der Waals surface area contributed by atoms with Crippen LogP contribution in [-0.4, -0.2) is 42.9 Å². The van der Waals surface area contributed by atoms with Gasteiger partial charge in [0.15, 0.2) is 5.96 Å². The fraction of sp³-hybridized carbons (Fsp3) is 0.421. The highest BCUT2D eigenvalue weighted by atomic mass is 16.5. The zero-order valence-corrected chi connectivity index (χ0v) is 15.8. The third-order valence-corrected chi connectivity index (χ3v) is 3.92. The lowest BCUT2D eigenvalue weighted by Gasteiger charge is -2.18. The van der Waals surface area contributed by atoms with E-state index in [2.05, 4.69) is 15.6 Å². The molecule has 0 radical (unpaired) electrons. The summed E-state index contributed by atoms with van der Waals surface area (Å²) in [7, 11) is 5.15. The molecule has 1 heterocycles. The predicted molar refractivity (Wildman–Crippen MR) is 103 cm³/mol. The summed E-state index contributed by atoms with van der Waals surface area (Å²) in [4.78, 5) is 4.55. The molecule has 7 heteroatoms. The van der Waals surface area contributed by atoms with Crippen LogP contribution in [0.4, 0.5) is 0 Å². The van der Waals surface area contributed by atoms with Crippen LogP contribution in [-0.2, 0) is 13.6 Å². The van der Waals surface area contributed by atoms with Gasteiger partial charge >= 0.3 is 0 Å². The van der Waals surface area contributed by atoms with Gasteiger partial charge in [-0.15, -0.1) is 0 Å². The molecule has 26 heavy (non-hydrogen) atoms. The Labute approximate surface area is 154 Å². The molecule has 0 saturated carbocycles. The minimum atomic E-state index is -0.763. The molecule has 1 aromatic heterocycles. The number of aliphatic hydroxyl groups is 1. The zero-order valence-electron chi connectivity index (χ0n) is 15.8. The van der Waals surface area contributed by atoms with Crippen LogP contribution in [0.2, 0.25) is 0 Å². The molecule has 3 N–H and O–H groups in total. The lowest BCUT2D eigenvalue weighted by atomic mass is 10.1. The van der Waals surface area contributed by atoms with E-state index in [0.717, 1.165) is 12.1 Å². The van der Waals surface area contributed by atoms with Crippen LogP contribution in [0.3, 0.4) is 0 Å². The van der Waals surface area contributed by atoms with Crippen molar-refractivity contribution >= 4 is 5.96 Å². The molecule has 0 amide bonds. The molecule has 0 aliphatic heterocycles. The summed E-state index contributed by atoms with van der Waals surface area (Å²) >= 11 is 0. The predicted octanol–water partition coefficient (Wildman–Crippen LogP) is 1.83. The summed E-state index contributed by atoms with van der Waals surface area (Å²) in [6.45, 7) is 3.60. The molecule has 0 bridgehead atoms. The second-order valence-electron chi connectivity index (χ2n) is 5.88. The van der Waals surface area contributed by atoms with Gasteiger partial charge in [-0.25, -0.2) is 4.99 Å². The van der Waals surface area contributed by atoms with Crippen molar-refractivity contribution in [1.29, 1.82) is 0 Å². The van der Waals surface area contributed by atoms with Gasteiger partial charge in [-0.2, -0.15) is 0 Å². The number of aliphatic imine (C=N–C) groups is 1. The summed E-state index contributed by atoms with van der Waals surface area (Å²) in [5, 5.41) is 16.9. The largest absolute Gasteiger partial charge is 0.497 e. The Balaban J connectivity index is 2.03. The number of aliphatic hydroxyl groups excluding tert-OH is 1. The lowest BCUT2D eigenvalue weighted by Crippen LogP contribution is -2.39. The number of aromatic nitrogens is 1. The van der Waals surface area contributed by atoms with Gasteiger partial charge in [0.25, 0.3) is 0 Å². The summed E-state index contributed by atoms with van der Waals surface area (Å²) < 4.78 is 12.6. The molecule has 0 aliphatic rings. The number of nitrogens with one attached hydrogen (secondary N) is 2. The first-order chi connectivity index (χ1) is 12.6. The fourth-order valence-electron chi connectivity index (χ4n) is 2.57. The second kappa shape index (κ2) is 9.72. The zero-order chi connectivity index (χ0) is 18.9. The number of ether oxygens (including phenoxy) is 2. The van der Waals surface area contributed by atoms with Crippen molar-refractivity contribution in [3.8, 4) is 11.5 Å². The van der Waals surface area contributed by atoms with Crippen LogP contribution in [0.1, 0.15) is 24.2 Å². The SMILES string of the molecule is CCNC(=NCc1ccn(C)c1)NCC(O)c1cc(OC)ccc1OC. The van der Waals surface area contributed by atoms with Gasteiger partial charge in [-0.05, 0) is 36.8 Å². The highest BCUT2D eigenvalue weighted by Crippen LogP contribution is 2.29. The standard InChI is InChI=1S/C19H28N4O3/c1-5-20-19(21-11-14-8-9-23(2)13-14)22-12-17(24)16-10-15(25-3)6-7-18(16)26-4/h6-10,13,17,24H,5,11-12H2,1-4H3,(H2,20,21,22). The summed E-state index contributed by atoms with van der Waals surface area (Å²) in [5.74, 6) is 1.94. The Kier molecular flexibility index (Phi) is 7.35. The van der Waals surface area contributed by atoms with Gasteiger partial charge in [0, 0.05) is 38.1 Å². The maximum absolute atomic E-state index is 10.6. The minimum absolute atomic E-state index is 0.296. The number of hydrogen-bond acceptors (Lipinski definition) is 4. The smallest absolute Gasteiger partial charge is 0.191 e. The number of rotatable bonds is 8. The first kappa shape index (κ1) is 19.7. The first-order valence-corrected chi connectivity index (χ1v) is 8.60. The molecule has 1 unspecified atom stereocenters.